The SMILES string of the molecule is CC(=O)C=C(C)O.CC(=O)C=C(C)O.CC(=O)C=C(C)O.CC(=O)C=C(C)O.C[Si](C)(C)c1c[c-]c(-c2nccc3ccccc23)cc1.C[Si](C)(C)c1c[c-]c(-c2nccc3ccccc23)cc1.Cc1ccc(-c2[c-]cc([Si](C)(C)C)cc2)nc1.Cc1ccnc(-c2[c-]ccc([Si](C)(C)C)c2)c1.[Ir].[Ir].[Ir].[Ir]. The molecule has 12 nitrogen and oxygen atoms in total. The molecule has 6 aromatic carbocycles. The molecule has 0 aliphatic heterocycles. The van der Waals surface area contributed by atoms with E-state index in [2.05, 4.69) is 282 Å². The molecule has 0 saturated carbocycles. The molecule has 10 rings (SSSR count). The number of rotatable bonds is 12. The van der Waals surface area contributed by atoms with Gasteiger partial charge in [-0.25, -0.2) is 0 Å². The molecule has 10 aromatic rings. The Hall–Kier alpha value is -7.26. The molecule has 4 aromatic heterocycles. The normalized spacial score (nSPS) is 11.2. The van der Waals surface area contributed by atoms with Gasteiger partial charge >= 0.3 is 0 Å². The van der Waals surface area contributed by atoms with Crippen LogP contribution < -0.4 is 20.7 Å². The zero-order chi connectivity index (χ0) is 76.7. The van der Waals surface area contributed by atoms with Gasteiger partial charge in [0.2, 0.25) is 0 Å². The van der Waals surface area contributed by atoms with E-state index >= 15 is 0 Å². The van der Waals surface area contributed by atoms with Crippen LogP contribution in [-0.2, 0) is 99.6 Å². The van der Waals surface area contributed by atoms with Crippen LogP contribution in [0.1, 0.15) is 66.5 Å². The summed E-state index contributed by atoms with van der Waals surface area (Å²) in [7, 11) is -5.00. The smallest absolute Gasteiger partial charge is 0.155 e. The molecule has 0 aliphatic rings. The molecule has 20 heteroatoms. The summed E-state index contributed by atoms with van der Waals surface area (Å²) in [6, 6.07) is 68.6. The summed E-state index contributed by atoms with van der Waals surface area (Å²) in [6.07, 6.45) is 12.2. The molecule has 0 unspecified atom stereocenters. The Morgan fingerprint density at radius 3 is 0.981 bits per heavy atom. The first-order valence-electron chi connectivity index (χ1n) is 33.7. The minimum absolute atomic E-state index is 0. The van der Waals surface area contributed by atoms with Crippen molar-refractivity contribution >= 4 is 97.7 Å². The molecule has 4 radical (unpaired) electrons. The monoisotopic (exact) mass is 2200 g/mol. The minimum atomic E-state index is -1.26. The Morgan fingerprint density at radius 1 is 0.340 bits per heavy atom. The number of carbonyl (C=O) groups excluding carboxylic acids is 4. The maximum Gasteiger partial charge on any atom is 0.155 e. The quantitative estimate of drug-likeness (QED) is 0.0391. The number of fused-ring (bicyclic) bond motifs is 2. The van der Waals surface area contributed by atoms with E-state index in [1.807, 2.05) is 36.9 Å². The third-order valence-corrected chi connectivity index (χ3v) is 22.8. The number of carbonyl (C=O) groups is 4. The average Bonchev–Trinajstić information content (AvgIpc) is 0.765. The first-order valence-corrected chi connectivity index (χ1v) is 47.7. The maximum atomic E-state index is 10.0. The van der Waals surface area contributed by atoms with E-state index in [0.29, 0.717) is 0 Å². The first-order chi connectivity index (χ1) is 47.5. The van der Waals surface area contributed by atoms with Crippen LogP contribution in [0.3, 0.4) is 0 Å². The van der Waals surface area contributed by atoms with Gasteiger partial charge in [0, 0.05) is 154 Å². The molecule has 106 heavy (non-hydrogen) atoms. The van der Waals surface area contributed by atoms with Gasteiger partial charge in [-0.3, -0.25) is 19.2 Å². The van der Waals surface area contributed by atoms with Crippen molar-refractivity contribution in [2.45, 2.75) is 148 Å². The summed E-state index contributed by atoms with van der Waals surface area (Å²) in [5.74, 6) is -0.250. The minimum Gasteiger partial charge on any atom is -0.512 e. The summed E-state index contributed by atoms with van der Waals surface area (Å²) in [6.45, 7) is 43.8. The molecule has 0 spiro atoms. The fraction of sp³-hybridized carbons (Fsp3) is 0.256. The third-order valence-electron chi connectivity index (χ3n) is 14.6. The number of aliphatic hydroxyl groups excluding tert-OH is 4. The summed E-state index contributed by atoms with van der Waals surface area (Å²) in [5, 5.41) is 44.0. The molecule has 4 heterocycles. The Kier molecular flexibility index (Phi) is 46.5. The number of aromatic nitrogens is 4. The number of hydrogen-bond donors (Lipinski definition) is 4. The molecule has 0 atom stereocenters. The van der Waals surface area contributed by atoms with E-state index in [0.717, 1.165) is 45.0 Å². The number of ketones is 4. The van der Waals surface area contributed by atoms with Crippen molar-refractivity contribution in [1.82, 2.24) is 19.9 Å². The van der Waals surface area contributed by atoms with E-state index in [-0.39, 0.29) is 127 Å². The Balaban J connectivity index is 0. The van der Waals surface area contributed by atoms with Crippen LogP contribution >= 0.6 is 0 Å². The van der Waals surface area contributed by atoms with Crippen LogP contribution in [0.2, 0.25) is 78.6 Å². The average molecular weight is 2200 g/mol. The van der Waals surface area contributed by atoms with Gasteiger partial charge in [0.15, 0.2) is 23.1 Å². The van der Waals surface area contributed by atoms with E-state index in [1.54, 1.807) is 0 Å². The number of aryl methyl sites for hydroxylation is 2. The molecule has 0 saturated heterocycles. The second kappa shape index (κ2) is 48.9. The van der Waals surface area contributed by atoms with Gasteiger partial charge in [-0.2, -0.15) is 0 Å². The largest absolute Gasteiger partial charge is 0.512 e. The van der Waals surface area contributed by atoms with Crippen molar-refractivity contribution in [3.8, 4) is 45.0 Å². The molecule has 0 fully saturated rings. The molecule has 0 bridgehead atoms. The zero-order valence-corrected chi connectivity index (χ0v) is 78.8. The Bertz CT molecular complexity index is 4230. The summed E-state index contributed by atoms with van der Waals surface area (Å²) in [4.78, 5) is 58.0. The van der Waals surface area contributed by atoms with Gasteiger partial charge in [-0.1, -0.05) is 151 Å². The zero-order valence-electron chi connectivity index (χ0n) is 65.2. The van der Waals surface area contributed by atoms with Gasteiger partial charge in [0.05, 0.1) is 31.1 Å². The van der Waals surface area contributed by atoms with Crippen LogP contribution in [0.15, 0.2) is 230 Å². The Labute approximate surface area is 689 Å². The summed E-state index contributed by atoms with van der Waals surface area (Å²) in [5.41, 5.74) is 10.8. The number of hydrogen-bond acceptors (Lipinski definition) is 12. The first kappa shape index (κ1) is 101. The summed E-state index contributed by atoms with van der Waals surface area (Å²) < 4.78 is 0. The molecular formula is C86H104Ir4N4O8Si4-4. The number of benzene rings is 6. The van der Waals surface area contributed by atoms with Gasteiger partial charge in [0.1, 0.15) is 0 Å². The van der Waals surface area contributed by atoms with Crippen molar-refractivity contribution in [3.63, 3.8) is 0 Å². The molecule has 0 aliphatic carbocycles. The van der Waals surface area contributed by atoms with E-state index in [9.17, 15) is 19.2 Å². The van der Waals surface area contributed by atoms with Crippen LogP contribution in [0.4, 0.5) is 0 Å². The maximum absolute atomic E-state index is 10.0. The molecular weight excluding hydrogens is 2100 g/mol. The van der Waals surface area contributed by atoms with Crippen molar-refractivity contribution in [2.24, 2.45) is 0 Å². The standard InChI is InChI=1S/2C18H18NSi.2C15H18NSi.4C5H8O2.4Ir/c2*1-20(2,3)16-10-8-15(9-11-16)18-17-7-5-4-6-14(17)12-13-19-18;1-12-5-10-15(16-11-12)13-6-8-14(9-7-13)17(2,3)4;1-12-8-9-16-15(10-12)13-6-5-7-14(11-13)17(2,3)4;4*1-4(6)3-5(2)7;;;;/h2*4-8,10-13H,1-3H3;5-6,8-11H,1-4H3;5,7-11H,1-4H3;4*3,6H,1-2H3;;;;/q4*-1;;;;;;;;. The van der Waals surface area contributed by atoms with Crippen LogP contribution in [0, 0.1) is 38.1 Å². The van der Waals surface area contributed by atoms with E-state index in [1.165, 1.54) is 133 Å². The van der Waals surface area contributed by atoms with Crippen molar-refractivity contribution in [2.75, 3.05) is 0 Å². The van der Waals surface area contributed by atoms with Gasteiger partial charge in [0.25, 0.3) is 0 Å². The van der Waals surface area contributed by atoms with Crippen molar-refractivity contribution < 1.29 is 120 Å². The van der Waals surface area contributed by atoms with Crippen LogP contribution in [0.25, 0.3) is 66.6 Å². The van der Waals surface area contributed by atoms with E-state index in [4.69, 9.17) is 20.4 Å². The third kappa shape index (κ3) is 39.0. The summed E-state index contributed by atoms with van der Waals surface area (Å²) >= 11 is 0. The predicted molar refractivity (Wildman–Crippen MR) is 439 cm³/mol. The number of allylic oxidation sites excluding steroid dienone is 8. The number of aliphatic hydroxyl groups is 4. The van der Waals surface area contributed by atoms with Crippen molar-refractivity contribution in [1.29, 1.82) is 0 Å². The fourth-order valence-electron chi connectivity index (χ4n) is 9.36. The molecule has 0 amide bonds. The van der Waals surface area contributed by atoms with Crippen LogP contribution in [0.5, 0.6) is 0 Å². The fourth-order valence-corrected chi connectivity index (χ4v) is 13.8. The second-order valence-corrected chi connectivity index (χ2v) is 49.1. The van der Waals surface area contributed by atoms with E-state index < -0.39 is 32.3 Å². The molecule has 4 N–H and O–H groups in total. The van der Waals surface area contributed by atoms with Gasteiger partial charge in [-0.15, -0.1) is 140 Å². The number of pyridine rings is 4. The van der Waals surface area contributed by atoms with Crippen LogP contribution in [-0.4, -0.2) is 95.8 Å². The second-order valence-electron chi connectivity index (χ2n) is 28.8. The molecule has 572 valence electrons. The van der Waals surface area contributed by atoms with Gasteiger partial charge in [-0.05, 0) is 137 Å². The predicted octanol–water partition coefficient (Wildman–Crippen LogP) is 19.4. The van der Waals surface area contributed by atoms with Gasteiger partial charge < -0.3 is 40.4 Å². The topological polar surface area (TPSA) is 201 Å². The number of nitrogens with zero attached hydrogens (tertiary/aromatic N) is 4. The van der Waals surface area contributed by atoms with Crippen molar-refractivity contribution in [3.05, 3.63) is 265 Å². The Morgan fingerprint density at radius 2 is 0.689 bits per heavy atom.